The molecule has 1 rings (SSSR count). The van der Waals surface area contributed by atoms with Gasteiger partial charge in [-0.15, -0.1) is 0 Å². The highest BCUT2D eigenvalue weighted by molar-refractivity contribution is 5.97. The Morgan fingerprint density at radius 3 is 1.84 bits per heavy atom. The number of carbonyl (C=O) groups excluding carboxylic acids is 1. The van der Waals surface area contributed by atoms with Crippen LogP contribution in [0.15, 0.2) is 24.3 Å². The van der Waals surface area contributed by atoms with Crippen LogP contribution in [0.2, 0.25) is 0 Å². The van der Waals surface area contributed by atoms with Crippen LogP contribution in [0.3, 0.4) is 0 Å². The lowest BCUT2D eigenvalue weighted by Gasteiger charge is -2.08. The number of ketones is 1. The van der Waals surface area contributed by atoms with Gasteiger partial charge in [0.25, 0.3) is 0 Å². The molecule has 0 spiro atoms. The summed E-state index contributed by atoms with van der Waals surface area (Å²) in [5.41, 5.74) is 0.587. The average Bonchev–Trinajstić information content (AvgIpc) is 2.64. The molecule has 0 N–H and O–H groups in total. The molecule has 0 unspecified atom stereocenters. The number of methoxy groups -OCH3 is 2. The molecule has 0 saturated carbocycles. The molecule has 0 heterocycles. The zero-order valence-corrected chi connectivity index (χ0v) is 15.0. The van der Waals surface area contributed by atoms with Crippen molar-refractivity contribution in [1.82, 2.24) is 0 Å². The average molecular weight is 356 g/mol. The second-order valence-electron chi connectivity index (χ2n) is 5.06. The van der Waals surface area contributed by atoms with Gasteiger partial charge in [0.1, 0.15) is 19.0 Å². The van der Waals surface area contributed by atoms with Crippen LogP contribution in [0.25, 0.3) is 0 Å². The van der Waals surface area contributed by atoms with Crippen LogP contribution < -0.4 is 4.74 Å². The van der Waals surface area contributed by atoms with Crippen molar-refractivity contribution in [3.8, 4) is 5.75 Å². The van der Waals surface area contributed by atoms with E-state index in [1.807, 2.05) is 0 Å². The molecule has 0 radical (unpaired) electrons. The van der Waals surface area contributed by atoms with Gasteiger partial charge < -0.3 is 28.4 Å². The predicted octanol–water partition coefficient (Wildman–Crippen LogP) is 1.59. The molecule has 0 aliphatic carbocycles. The number of carbonyl (C=O) groups is 1. The summed E-state index contributed by atoms with van der Waals surface area (Å²) in [7, 11) is 3.25. The molecule has 1 aromatic rings. The fourth-order valence-electron chi connectivity index (χ4n) is 1.81. The highest BCUT2D eigenvalue weighted by Crippen LogP contribution is 2.12. The Hall–Kier alpha value is -1.51. The normalized spacial score (nSPS) is 10.8. The minimum atomic E-state index is -0.0775. The predicted molar refractivity (Wildman–Crippen MR) is 92.5 cm³/mol. The maximum Gasteiger partial charge on any atom is 0.188 e. The van der Waals surface area contributed by atoms with Gasteiger partial charge in [0, 0.05) is 19.8 Å². The zero-order chi connectivity index (χ0) is 18.2. The summed E-state index contributed by atoms with van der Waals surface area (Å²) in [5.74, 6) is 0.616. The molecule has 0 amide bonds. The quantitative estimate of drug-likeness (QED) is 0.329. The van der Waals surface area contributed by atoms with Crippen molar-refractivity contribution in [1.29, 1.82) is 0 Å². The van der Waals surface area contributed by atoms with Crippen molar-refractivity contribution >= 4 is 5.78 Å². The van der Waals surface area contributed by atoms with E-state index in [2.05, 4.69) is 0 Å². The third kappa shape index (κ3) is 10.9. The lowest BCUT2D eigenvalue weighted by molar-refractivity contribution is 0.0253. The van der Waals surface area contributed by atoms with Crippen LogP contribution in [-0.2, 0) is 23.7 Å². The van der Waals surface area contributed by atoms with Crippen molar-refractivity contribution in [3.63, 3.8) is 0 Å². The number of rotatable bonds is 16. The van der Waals surface area contributed by atoms with Gasteiger partial charge in [-0.3, -0.25) is 4.79 Å². The van der Waals surface area contributed by atoms with Crippen LogP contribution >= 0.6 is 0 Å². The molecule has 7 nitrogen and oxygen atoms in total. The number of hydrogen-bond donors (Lipinski definition) is 0. The second kappa shape index (κ2) is 14.8. The van der Waals surface area contributed by atoms with Gasteiger partial charge in [-0.25, -0.2) is 0 Å². The van der Waals surface area contributed by atoms with Gasteiger partial charge in [0.15, 0.2) is 5.78 Å². The summed E-state index contributed by atoms with van der Waals surface area (Å²) < 4.78 is 31.1. The molecule has 0 aliphatic rings. The Morgan fingerprint density at radius 1 is 0.720 bits per heavy atom. The highest BCUT2D eigenvalue weighted by atomic mass is 16.5. The van der Waals surface area contributed by atoms with Crippen molar-refractivity contribution in [2.45, 2.75) is 0 Å². The van der Waals surface area contributed by atoms with E-state index in [1.165, 1.54) is 0 Å². The molecule has 0 bridgehead atoms. The van der Waals surface area contributed by atoms with Gasteiger partial charge in [-0.1, -0.05) is 0 Å². The highest BCUT2D eigenvalue weighted by Gasteiger charge is 2.06. The molecule has 0 aliphatic heterocycles. The maximum atomic E-state index is 12.0. The van der Waals surface area contributed by atoms with Crippen molar-refractivity contribution < 1.29 is 33.2 Å². The van der Waals surface area contributed by atoms with Gasteiger partial charge in [0.05, 0.1) is 46.2 Å². The topological polar surface area (TPSA) is 72.5 Å². The van der Waals surface area contributed by atoms with Gasteiger partial charge in [-0.05, 0) is 24.3 Å². The summed E-state index contributed by atoms with van der Waals surface area (Å²) in [5, 5.41) is 0. The van der Waals surface area contributed by atoms with E-state index in [1.54, 1.807) is 38.5 Å². The lowest BCUT2D eigenvalue weighted by atomic mass is 10.1. The van der Waals surface area contributed by atoms with Crippen molar-refractivity contribution in [2.24, 2.45) is 0 Å². The van der Waals surface area contributed by atoms with Gasteiger partial charge >= 0.3 is 0 Å². The third-order valence-electron chi connectivity index (χ3n) is 3.14. The summed E-state index contributed by atoms with van der Waals surface area (Å²) in [6.45, 7) is 3.96. The molecule has 142 valence electrons. The Labute approximate surface area is 149 Å². The van der Waals surface area contributed by atoms with Crippen LogP contribution in [0.5, 0.6) is 5.75 Å². The Bertz CT molecular complexity index is 447. The number of hydrogen-bond acceptors (Lipinski definition) is 7. The maximum absolute atomic E-state index is 12.0. The van der Waals surface area contributed by atoms with Crippen molar-refractivity contribution in [3.05, 3.63) is 29.8 Å². The third-order valence-corrected chi connectivity index (χ3v) is 3.14. The van der Waals surface area contributed by atoms with E-state index in [4.69, 9.17) is 28.4 Å². The molecule has 0 aromatic heterocycles. The standard InChI is InChI=1S/C18H28O7/c1-20-7-9-22-11-12-24-15-18(19)16-3-5-17(6-4-16)25-14-13-23-10-8-21-2/h3-6H,7-15H2,1-2H3. The van der Waals surface area contributed by atoms with Crippen molar-refractivity contribution in [2.75, 3.05) is 73.7 Å². The first-order chi connectivity index (χ1) is 12.3. The Morgan fingerprint density at radius 2 is 1.24 bits per heavy atom. The molecular weight excluding hydrogens is 328 g/mol. The van der Waals surface area contributed by atoms with Crippen LogP contribution in [0.1, 0.15) is 10.4 Å². The second-order valence-corrected chi connectivity index (χ2v) is 5.06. The van der Waals surface area contributed by atoms with Gasteiger partial charge in [-0.2, -0.15) is 0 Å². The van der Waals surface area contributed by atoms with E-state index < -0.39 is 0 Å². The van der Waals surface area contributed by atoms with E-state index in [0.717, 1.165) is 0 Å². The smallest absolute Gasteiger partial charge is 0.188 e. The minimum Gasteiger partial charge on any atom is -0.491 e. The first-order valence-electron chi connectivity index (χ1n) is 8.25. The van der Waals surface area contributed by atoms with E-state index >= 15 is 0 Å². The minimum absolute atomic E-state index is 0.0289. The van der Waals surface area contributed by atoms with Gasteiger partial charge in [0.2, 0.25) is 0 Å². The Balaban J connectivity index is 2.14. The summed E-state index contributed by atoms with van der Waals surface area (Å²) >= 11 is 0. The molecule has 7 heteroatoms. The molecular formula is C18H28O7. The Kier molecular flexibility index (Phi) is 12.7. The SMILES string of the molecule is COCCOCCOCC(=O)c1ccc(OCCOCCOC)cc1. The van der Waals surface area contributed by atoms with Crippen LogP contribution in [0.4, 0.5) is 0 Å². The summed E-state index contributed by atoms with van der Waals surface area (Å²) in [4.78, 5) is 12.0. The fourth-order valence-corrected chi connectivity index (χ4v) is 1.81. The first-order valence-corrected chi connectivity index (χ1v) is 8.25. The summed E-state index contributed by atoms with van der Waals surface area (Å²) in [6, 6.07) is 6.97. The molecule has 25 heavy (non-hydrogen) atoms. The zero-order valence-electron chi connectivity index (χ0n) is 15.0. The molecule has 0 atom stereocenters. The van der Waals surface area contributed by atoms with Crippen LogP contribution in [-0.4, -0.2) is 79.5 Å². The first kappa shape index (κ1) is 21.5. The lowest BCUT2D eigenvalue weighted by Crippen LogP contribution is -2.14. The summed E-state index contributed by atoms with van der Waals surface area (Å²) in [6.07, 6.45) is 0. The van der Waals surface area contributed by atoms with E-state index in [9.17, 15) is 4.79 Å². The monoisotopic (exact) mass is 356 g/mol. The molecule has 0 fully saturated rings. The molecule has 1 aromatic carbocycles. The van der Waals surface area contributed by atoms with E-state index in [-0.39, 0.29) is 12.4 Å². The number of Topliss-reactive ketones (excluding diaryl/α,β-unsaturated/α-hetero) is 1. The number of ether oxygens (including phenoxy) is 6. The van der Waals surface area contributed by atoms with Crippen LogP contribution in [0, 0.1) is 0 Å². The fraction of sp³-hybridized carbons (Fsp3) is 0.611. The van der Waals surface area contributed by atoms with E-state index in [0.29, 0.717) is 64.2 Å². The number of benzene rings is 1. The largest absolute Gasteiger partial charge is 0.491 e. The molecule has 0 saturated heterocycles.